The van der Waals surface area contributed by atoms with E-state index in [9.17, 15) is 9.59 Å². The van der Waals surface area contributed by atoms with Crippen LogP contribution in [0.4, 0.5) is 4.79 Å². The number of ether oxygens (including phenoxy) is 1. The van der Waals surface area contributed by atoms with Crippen molar-refractivity contribution in [2.24, 2.45) is 17.8 Å². The monoisotopic (exact) mass is 283 g/mol. The summed E-state index contributed by atoms with van der Waals surface area (Å²) in [4.78, 5) is 22.4. The number of nitrogens with one attached hydrogen (secondary N) is 1. The lowest BCUT2D eigenvalue weighted by molar-refractivity contribution is -0.138. The van der Waals surface area contributed by atoms with Crippen LogP contribution in [0.3, 0.4) is 0 Å². The number of alkyl carbamates (subject to hydrolysis) is 1. The second kappa shape index (κ2) is 8.61. The van der Waals surface area contributed by atoms with Gasteiger partial charge in [-0.3, -0.25) is 4.79 Å². The van der Waals surface area contributed by atoms with Crippen molar-refractivity contribution in [3.8, 4) is 0 Å². The van der Waals surface area contributed by atoms with E-state index in [1.165, 1.54) is 12.5 Å². The topological polar surface area (TPSA) is 75.6 Å². The Bertz CT molecular complexity index is 343. The van der Waals surface area contributed by atoms with Crippen LogP contribution in [0.5, 0.6) is 0 Å². The Balaban J connectivity index is 2.48. The molecule has 20 heavy (non-hydrogen) atoms. The molecule has 0 aromatic rings. The van der Waals surface area contributed by atoms with Gasteiger partial charge in [0.25, 0.3) is 0 Å². The third-order valence-electron chi connectivity index (χ3n) is 3.92. The van der Waals surface area contributed by atoms with E-state index in [1.807, 2.05) is 0 Å². The number of carbonyl (C=O) groups is 2. The van der Waals surface area contributed by atoms with Gasteiger partial charge in [0.1, 0.15) is 6.61 Å². The number of hydrogen-bond donors (Lipinski definition) is 2. The highest BCUT2D eigenvalue weighted by Gasteiger charge is 2.28. The first-order valence-electron chi connectivity index (χ1n) is 7.26. The zero-order chi connectivity index (χ0) is 15.0. The van der Waals surface area contributed by atoms with Crippen molar-refractivity contribution in [3.63, 3.8) is 0 Å². The van der Waals surface area contributed by atoms with Gasteiger partial charge in [-0.2, -0.15) is 0 Å². The molecule has 2 N–H and O–H groups in total. The quantitative estimate of drug-likeness (QED) is 0.704. The molecule has 0 aromatic carbocycles. The Kier molecular flexibility index (Phi) is 7.12. The van der Waals surface area contributed by atoms with E-state index in [4.69, 9.17) is 9.84 Å². The van der Waals surface area contributed by atoms with E-state index in [1.54, 1.807) is 0 Å². The second-order valence-corrected chi connectivity index (χ2v) is 5.66. The Morgan fingerprint density at radius 1 is 1.50 bits per heavy atom. The molecule has 0 spiro atoms. The third kappa shape index (κ3) is 6.08. The Hall–Kier alpha value is -1.52. The fraction of sp³-hybridized carbons (Fsp3) is 0.733. The van der Waals surface area contributed by atoms with Crippen molar-refractivity contribution < 1.29 is 19.4 Å². The van der Waals surface area contributed by atoms with Crippen molar-refractivity contribution in [2.45, 2.75) is 39.0 Å². The molecule has 5 heteroatoms. The Labute approximate surface area is 120 Å². The summed E-state index contributed by atoms with van der Waals surface area (Å²) in [7, 11) is 0. The molecule has 0 aliphatic heterocycles. The summed E-state index contributed by atoms with van der Waals surface area (Å²) in [6, 6.07) is 0. The van der Waals surface area contributed by atoms with Gasteiger partial charge in [-0.25, -0.2) is 4.79 Å². The molecule has 3 unspecified atom stereocenters. The first-order valence-corrected chi connectivity index (χ1v) is 7.26. The van der Waals surface area contributed by atoms with E-state index < -0.39 is 12.1 Å². The smallest absolute Gasteiger partial charge is 0.407 e. The molecule has 0 bridgehead atoms. The van der Waals surface area contributed by atoms with Crippen molar-refractivity contribution in [1.82, 2.24) is 5.32 Å². The third-order valence-corrected chi connectivity index (χ3v) is 3.92. The molecule has 1 fully saturated rings. The fourth-order valence-corrected chi connectivity index (χ4v) is 2.94. The largest absolute Gasteiger partial charge is 0.481 e. The number of carboxylic acids is 1. The molecule has 0 saturated heterocycles. The van der Waals surface area contributed by atoms with Crippen LogP contribution in [-0.4, -0.2) is 30.3 Å². The van der Waals surface area contributed by atoms with Crippen LogP contribution < -0.4 is 5.32 Å². The fourth-order valence-electron chi connectivity index (χ4n) is 2.94. The van der Waals surface area contributed by atoms with Crippen LogP contribution in [0.2, 0.25) is 0 Å². The average Bonchev–Trinajstić information content (AvgIpc) is 2.40. The minimum Gasteiger partial charge on any atom is -0.481 e. The summed E-state index contributed by atoms with van der Waals surface area (Å²) in [5.41, 5.74) is 0. The number of carboxylic acid groups (broad SMARTS) is 1. The molecular formula is C15H25NO4. The van der Waals surface area contributed by atoms with Gasteiger partial charge >= 0.3 is 12.1 Å². The van der Waals surface area contributed by atoms with Crippen molar-refractivity contribution in [2.75, 3.05) is 13.2 Å². The maximum absolute atomic E-state index is 11.4. The van der Waals surface area contributed by atoms with E-state index in [0.29, 0.717) is 18.4 Å². The van der Waals surface area contributed by atoms with E-state index in [-0.39, 0.29) is 18.9 Å². The lowest BCUT2D eigenvalue weighted by Gasteiger charge is -2.32. The lowest BCUT2D eigenvalue weighted by atomic mass is 9.74. The van der Waals surface area contributed by atoms with Crippen molar-refractivity contribution in [3.05, 3.63) is 12.7 Å². The van der Waals surface area contributed by atoms with Gasteiger partial charge in [0.05, 0.1) is 6.42 Å². The predicted octanol–water partition coefficient (Wildman–Crippen LogP) is 2.82. The van der Waals surface area contributed by atoms with Gasteiger partial charge in [-0.1, -0.05) is 38.8 Å². The van der Waals surface area contributed by atoms with E-state index in [0.717, 1.165) is 19.3 Å². The van der Waals surface area contributed by atoms with Crippen molar-refractivity contribution in [1.29, 1.82) is 0 Å². The molecule has 0 radical (unpaired) electrons. The Morgan fingerprint density at radius 2 is 2.25 bits per heavy atom. The first-order chi connectivity index (χ1) is 9.52. The zero-order valence-corrected chi connectivity index (χ0v) is 12.1. The predicted molar refractivity (Wildman–Crippen MR) is 76.4 cm³/mol. The zero-order valence-electron chi connectivity index (χ0n) is 12.1. The number of rotatable bonds is 7. The lowest BCUT2D eigenvalue weighted by Crippen LogP contribution is -2.35. The van der Waals surface area contributed by atoms with Crippen LogP contribution >= 0.6 is 0 Å². The summed E-state index contributed by atoms with van der Waals surface area (Å²) in [5, 5.41) is 11.7. The molecule has 3 atom stereocenters. The standard InChI is InChI=1S/C15H25NO4/c1-3-7-20-15(19)16-10-13(9-14(17)18)12-6-4-5-11(2)8-12/h3,11-13H,1,4-10H2,2H3,(H,16,19)(H,17,18). The molecule has 1 amide bonds. The molecule has 1 aliphatic carbocycles. The molecular weight excluding hydrogens is 258 g/mol. The summed E-state index contributed by atoms with van der Waals surface area (Å²) in [6.07, 6.45) is 5.53. The highest BCUT2D eigenvalue weighted by atomic mass is 16.5. The number of aliphatic carboxylic acids is 1. The van der Waals surface area contributed by atoms with E-state index in [2.05, 4.69) is 18.8 Å². The average molecular weight is 283 g/mol. The molecule has 5 nitrogen and oxygen atoms in total. The van der Waals surface area contributed by atoms with Crippen LogP contribution in [0.15, 0.2) is 12.7 Å². The van der Waals surface area contributed by atoms with Crippen LogP contribution in [0.1, 0.15) is 39.0 Å². The maximum Gasteiger partial charge on any atom is 0.407 e. The highest BCUT2D eigenvalue weighted by Crippen LogP contribution is 2.34. The minimum atomic E-state index is -0.811. The number of carbonyl (C=O) groups excluding carboxylic acids is 1. The van der Waals surface area contributed by atoms with Crippen molar-refractivity contribution >= 4 is 12.1 Å². The molecule has 114 valence electrons. The molecule has 1 rings (SSSR count). The Morgan fingerprint density at radius 3 is 2.85 bits per heavy atom. The normalized spacial score (nSPS) is 23.6. The van der Waals surface area contributed by atoms with Crippen LogP contribution in [-0.2, 0) is 9.53 Å². The van der Waals surface area contributed by atoms with Gasteiger partial charge in [0.2, 0.25) is 0 Å². The molecule has 0 aromatic heterocycles. The van der Waals surface area contributed by atoms with Crippen LogP contribution in [0.25, 0.3) is 0 Å². The van der Waals surface area contributed by atoms with Gasteiger partial charge in [0, 0.05) is 6.54 Å². The second-order valence-electron chi connectivity index (χ2n) is 5.66. The summed E-state index contributed by atoms with van der Waals surface area (Å²) < 4.78 is 4.84. The van der Waals surface area contributed by atoms with Crippen LogP contribution in [0, 0.1) is 17.8 Å². The van der Waals surface area contributed by atoms with Gasteiger partial charge in [-0.15, -0.1) is 0 Å². The SMILES string of the molecule is C=CCOC(=O)NCC(CC(=O)O)C1CCCC(C)C1. The molecule has 1 aliphatic rings. The van der Waals surface area contributed by atoms with Gasteiger partial charge < -0.3 is 15.2 Å². The summed E-state index contributed by atoms with van der Waals surface area (Å²) >= 11 is 0. The van der Waals surface area contributed by atoms with E-state index >= 15 is 0 Å². The minimum absolute atomic E-state index is 0.0217. The summed E-state index contributed by atoms with van der Waals surface area (Å²) in [5.74, 6) is 0.174. The maximum atomic E-state index is 11.4. The molecule has 0 heterocycles. The van der Waals surface area contributed by atoms with Gasteiger partial charge in [0.15, 0.2) is 0 Å². The first kappa shape index (κ1) is 16.5. The highest BCUT2D eigenvalue weighted by molar-refractivity contribution is 5.68. The number of hydrogen-bond acceptors (Lipinski definition) is 3. The molecule has 1 saturated carbocycles. The summed E-state index contributed by atoms with van der Waals surface area (Å²) in [6.45, 7) is 6.19. The number of amides is 1. The van der Waals surface area contributed by atoms with Gasteiger partial charge in [-0.05, 0) is 24.2 Å².